The van der Waals surface area contributed by atoms with E-state index in [-0.39, 0.29) is 56.4 Å². The maximum Gasteiger partial charge on any atom is 0.373 e. The zero-order valence-corrected chi connectivity index (χ0v) is 62.6. The van der Waals surface area contributed by atoms with Crippen molar-refractivity contribution in [3.8, 4) is 0 Å². The van der Waals surface area contributed by atoms with E-state index in [1.807, 2.05) is 118 Å². The molecule has 0 spiro atoms. The second kappa shape index (κ2) is 34.8. The molecule has 0 aliphatic rings. The van der Waals surface area contributed by atoms with Crippen molar-refractivity contribution in [3.05, 3.63) is 155 Å². The summed E-state index contributed by atoms with van der Waals surface area (Å²) >= 11 is 3.34. The number of hydrogen-bond donors (Lipinski definition) is 0. The van der Waals surface area contributed by atoms with Crippen molar-refractivity contribution in [2.75, 3.05) is 6.61 Å². The van der Waals surface area contributed by atoms with Crippen molar-refractivity contribution in [2.24, 2.45) is 0 Å². The fraction of sp³-hybridized carbons (Fsp3) is 0.571. The molecule has 8 aromatic heterocycles. The molecule has 0 radical (unpaired) electrons. The minimum Gasteiger partial charge on any atom is -0.461 e. The van der Waals surface area contributed by atoms with Crippen LogP contribution in [0.4, 0.5) is 0 Å². The van der Waals surface area contributed by atoms with E-state index in [1.54, 1.807) is 25.5 Å². The quantitative estimate of drug-likeness (QED) is 0.152. The van der Waals surface area contributed by atoms with Gasteiger partial charge in [0.25, 0.3) is 0 Å². The number of rotatable bonds is 3. The van der Waals surface area contributed by atoms with Gasteiger partial charge in [-0.1, -0.05) is 25.1 Å². The molecule has 9 aromatic rings. The van der Waals surface area contributed by atoms with Crippen LogP contribution in [0, 0.1) is 27.7 Å². The molecule has 0 bridgehead atoms. The van der Waals surface area contributed by atoms with E-state index in [1.165, 1.54) is 22.2 Å². The van der Waals surface area contributed by atoms with Crippen LogP contribution in [0.15, 0.2) is 121 Å². The summed E-state index contributed by atoms with van der Waals surface area (Å²) in [6.45, 7) is 63.5. The highest BCUT2D eigenvalue weighted by Crippen LogP contribution is 2.23. The largest absolute Gasteiger partial charge is 0.461 e. The van der Waals surface area contributed by atoms with Crippen LogP contribution in [0.3, 0.4) is 0 Å². The lowest BCUT2D eigenvalue weighted by molar-refractivity contribution is -0.191. The van der Waals surface area contributed by atoms with Gasteiger partial charge < -0.3 is 9.30 Å². The Balaban J connectivity index is 0.000000520. The monoisotopic (exact) mass is 1320 g/mol. The molecular formula is C70H113BrN16O4. The van der Waals surface area contributed by atoms with Crippen LogP contribution in [-0.2, 0) is 65.1 Å². The molecular weight excluding hydrogens is 1210 g/mol. The third-order valence-corrected chi connectivity index (χ3v) is 13.0. The van der Waals surface area contributed by atoms with Gasteiger partial charge in [0.05, 0.1) is 91.7 Å². The number of carbonyl (C=O) groups excluding carboxylic acids is 3. The second-order valence-electron chi connectivity index (χ2n) is 29.8. The average molecular weight is 1320 g/mol. The molecule has 0 atom stereocenters. The lowest BCUT2D eigenvalue weighted by atomic mass is 10.1. The van der Waals surface area contributed by atoms with Gasteiger partial charge in [0.2, 0.25) is 0 Å². The van der Waals surface area contributed by atoms with Crippen LogP contribution in [0.5, 0.6) is 0 Å². The number of para-hydroxylation sites is 1. The molecule has 21 heteroatoms. The molecule has 0 amide bonds. The highest BCUT2D eigenvalue weighted by atomic mass is 79.9. The second-order valence-corrected chi connectivity index (χ2v) is 30.7. The first kappa shape index (κ1) is 81.5. The van der Waals surface area contributed by atoms with Crippen LogP contribution < -0.4 is 0 Å². The van der Waals surface area contributed by atoms with Gasteiger partial charge in [0.15, 0.2) is 5.69 Å². The van der Waals surface area contributed by atoms with Crippen LogP contribution in [-0.4, -0.2) is 96.7 Å². The third kappa shape index (κ3) is 29.5. The molecule has 0 fully saturated rings. The predicted molar refractivity (Wildman–Crippen MR) is 372 cm³/mol. The number of carbonyl (C=O) groups is 1. The summed E-state index contributed by atoms with van der Waals surface area (Å²) in [5.41, 5.74) is 7.96. The number of ether oxygens (including phenoxy) is 1. The minimum absolute atomic E-state index is 0.0586. The number of hydrogen-bond acceptors (Lipinski definition) is 12. The lowest BCUT2D eigenvalue weighted by Crippen LogP contribution is -2.25. The van der Waals surface area contributed by atoms with Gasteiger partial charge in [-0.05, 0) is 259 Å². The Hall–Kier alpha value is -7.51. The molecule has 0 saturated carbocycles. The number of halogens is 1. The van der Waals surface area contributed by atoms with Crippen molar-refractivity contribution in [3.63, 3.8) is 0 Å². The number of nitrogens with zero attached hydrogens (tertiary/aromatic N) is 16. The Morgan fingerprint density at radius 3 is 1.33 bits per heavy atom. The third-order valence-electron chi connectivity index (χ3n) is 12.5. The first-order valence-electron chi connectivity index (χ1n) is 31.0. The number of aryl methyl sites for hydroxylation is 5. The normalized spacial score (nSPS) is 11.6. The summed E-state index contributed by atoms with van der Waals surface area (Å²) in [5, 5.41) is 31.1. The standard InChI is InChI=1S/C12H20N2O2.C11H14N2.C9H16N2.2C8H14N2.C7H11BrN2.2C7H12N2.CO2/c1-6-9-8-10(11(15)16-7-2)13-14(9)12(3,4)5;1-11(2,3)13-10-7-5-4-6-9(10)8-12-13;1-7-6-8(2)11(10-7)9(3,4)5;1-7-5-9-10(6-7)8(2,3)4;1-7-5-6-10(9-7)8(2,3)4;1-7(2,3)10-5-6(8)4-9-10;1-7(2,3)9-5-4-8-6-9;1-7(2,3)9-6-4-5-8-9;2-1-3/h8H,6-7H2,1-5H3;4-8H,1-3H3;6H,1-5H3;2*5-6H,1-4H3;4-5H,1-3H3;2*4-6H,1-3H3;. The Morgan fingerprint density at radius 1 is 0.505 bits per heavy atom. The van der Waals surface area contributed by atoms with Crippen LogP contribution >= 0.6 is 15.9 Å². The first-order chi connectivity index (χ1) is 41.5. The van der Waals surface area contributed by atoms with Crippen LogP contribution in [0.2, 0.25) is 0 Å². The SMILES string of the molecule is CC(C)(C)n1cc(Br)cn1.CC(C)(C)n1cccn1.CC(C)(C)n1ccnc1.CC(C)(C)n1ncc2ccccc21.CCOC(=O)c1cc(CC)n(C(C)(C)C)n1.Cc1cc(C)n(C(C)(C)C)n1.Cc1ccn(C(C)(C)C)n1.Cc1cnn(C(C)(C)C)c1.O=C=O. The Kier molecular flexibility index (Phi) is 31.2. The summed E-state index contributed by atoms with van der Waals surface area (Å²) in [6.07, 6.45) is 22.1. The van der Waals surface area contributed by atoms with E-state index in [4.69, 9.17) is 14.3 Å². The molecule has 9 rings (SSSR count). The Morgan fingerprint density at radius 2 is 1.03 bits per heavy atom. The molecule has 1 aromatic carbocycles. The van der Waals surface area contributed by atoms with Gasteiger partial charge in [-0.25, -0.2) is 9.78 Å². The summed E-state index contributed by atoms with van der Waals surface area (Å²) in [7, 11) is 0. The van der Waals surface area contributed by atoms with E-state index in [9.17, 15) is 4.79 Å². The van der Waals surface area contributed by atoms with Crippen molar-refractivity contribution in [1.29, 1.82) is 0 Å². The molecule has 0 saturated heterocycles. The van der Waals surface area contributed by atoms with E-state index in [0.29, 0.717) is 12.3 Å². The van der Waals surface area contributed by atoms with Gasteiger partial charge >= 0.3 is 12.1 Å². The fourth-order valence-corrected chi connectivity index (χ4v) is 8.21. The summed E-state index contributed by atoms with van der Waals surface area (Å²) in [6, 6.07) is 16.1. The smallest absolute Gasteiger partial charge is 0.373 e. The molecule has 0 N–H and O–H groups in total. The summed E-state index contributed by atoms with van der Waals surface area (Å²) in [5.74, 6) is -0.347. The maximum atomic E-state index is 11.6. The van der Waals surface area contributed by atoms with E-state index in [2.05, 4.69) is 275 Å². The van der Waals surface area contributed by atoms with Gasteiger partial charge in [-0.3, -0.25) is 32.8 Å². The average Bonchev–Trinajstić information content (AvgIpc) is 2.50. The highest BCUT2D eigenvalue weighted by Gasteiger charge is 2.23. The maximum absolute atomic E-state index is 11.6. The molecule has 0 aliphatic carbocycles. The van der Waals surface area contributed by atoms with Gasteiger partial charge in [0, 0.05) is 65.7 Å². The zero-order valence-electron chi connectivity index (χ0n) is 61.1. The van der Waals surface area contributed by atoms with Crippen molar-refractivity contribution in [1.82, 2.24) is 78.0 Å². The molecule has 504 valence electrons. The lowest BCUT2D eigenvalue weighted by Gasteiger charge is -2.21. The number of benzene rings is 1. The molecule has 8 heterocycles. The van der Waals surface area contributed by atoms with E-state index >= 15 is 0 Å². The predicted octanol–water partition coefficient (Wildman–Crippen LogP) is 16.4. The van der Waals surface area contributed by atoms with Crippen molar-refractivity contribution in [2.45, 2.75) is 258 Å². The van der Waals surface area contributed by atoms with Crippen LogP contribution in [0.1, 0.15) is 219 Å². The molecule has 91 heavy (non-hydrogen) atoms. The van der Waals surface area contributed by atoms with E-state index < -0.39 is 0 Å². The Labute approximate surface area is 553 Å². The first-order valence-corrected chi connectivity index (χ1v) is 31.8. The number of aromatic nitrogens is 16. The molecule has 20 nitrogen and oxygen atoms in total. The minimum atomic E-state index is -0.347. The van der Waals surface area contributed by atoms with Gasteiger partial charge in [-0.15, -0.1) is 0 Å². The number of fused-ring (bicyclic) bond motifs is 1. The van der Waals surface area contributed by atoms with Crippen molar-refractivity contribution < 1.29 is 19.1 Å². The number of esters is 1. The summed E-state index contributed by atoms with van der Waals surface area (Å²) < 4.78 is 21.9. The highest BCUT2D eigenvalue weighted by molar-refractivity contribution is 9.10. The van der Waals surface area contributed by atoms with E-state index in [0.717, 1.165) is 28.0 Å². The topological polar surface area (TPSA) is 203 Å². The molecule has 0 unspecified atom stereocenters. The van der Waals surface area contributed by atoms with Crippen molar-refractivity contribution >= 4 is 39.0 Å². The zero-order chi connectivity index (χ0) is 70.3. The molecule has 0 aliphatic heterocycles. The summed E-state index contributed by atoms with van der Waals surface area (Å²) in [4.78, 5) is 31.8. The van der Waals surface area contributed by atoms with Gasteiger partial charge in [0.1, 0.15) is 0 Å². The van der Waals surface area contributed by atoms with Crippen LogP contribution in [0.25, 0.3) is 10.9 Å². The van der Waals surface area contributed by atoms with Gasteiger partial charge in [-0.2, -0.15) is 45.3 Å². The Bertz CT molecular complexity index is 3340. The fourth-order valence-electron chi connectivity index (χ4n) is 7.93. The number of imidazole rings is 1.